The van der Waals surface area contributed by atoms with Crippen molar-refractivity contribution in [2.75, 3.05) is 0 Å². The third-order valence-electron chi connectivity index (χ3n) is 6.01. The van der Waals surface area contributed by atoms with Gasteiger partial charge in [-0.2, -0.15) is 0 Å². The van der Waals surface area contributed by atoms with Crippen LogP contribution < -0.4 is 0 Å². The van der Waals surface area contributed by atoms with Crippen molar-refractivity contribution in [3.8, 4) is 0 Å². The molecule has 0 aromatic rings. The maximum absolute atomic E-state index is 2.41. The summed E-state index contributed by atoms with van der Waals surface area (Å²) in [4.78, 5) is 0. The maximum atomic E-state index is 2.41. The van der Waals surface area contributed by atoms with Gasteiger partial charge in [0.15, 0.2) is 0 Å². The van der Waals surface area contributed by atoms with E-state index in [4.69, 9.17) is 0 Å². The average Bonchev–Trinajstić information content (AvgIpc) is 2.45. The molecule has 106 valence electrons. The van der Waals surface area contributed by atoms with Crippen molar-refractivity contribution in [2.24, 2.45) is 23.7 Å². The Labute approximate surface area is 115 Å². The third-order valence-corrected chi connectivity index (χ3v) is 6.01. The normalized spacial score (nSPS) is 34.7. The van der Waals surface area contributed by atoms with Gasteiger partial charge >= 0.3 is 0 Å². The van der Waals surface area contributed by atoms with Crippen LogP contribution in [0.4, 0.5) is 0 Å². The summed E-state index contributed by atoms with van der Waals surface area (Å²) < 4.78 is 0. The van der Waals surface area contributed by atoms with Crippen molar-refractivity contribution in [3.05, 3.63) is 0 Å². The van der Waals surface area contributed by atoms with Crippen LogP contribution in [0.15, 0.2) is 0 Å². The Balaban J connectivity index is 1.70. The van der Waals surface area contributed by atoms with E-state index in [1.807, 2.05) is 0 Å². The molecule has 0 saturated heterocycles. The lowest BCUT2D eigenvalue weighted by atomic mass is 9.70. The molecule has 0 heterocycles. The summed E-state index contributed by atoms with van der Waals surface area (Å²) in [7, 11) is 0. The molecule has 0 amide bonds. The van der Waals surface area contributed by atoms with Crippen LogP contribution in [-0.4, -0.2) is 0 Å². The van der Waals surface area contributed by atoms with Crippen LogP contribution in [0.1, 0.15) is 90.9 Å². The lowest BCUT2D eigenvalue weighted by Gasteiger charge is -2.36. The Bertz CT molecular complexity index is 214. The number of hydrogen-bond acceptors (Lipinski definition) is 0. The van der Waals surface area contributed by atoms with Gasteiger partial charge in [0.05, 0.1) is 0 Å². The van der Waals surface area contributed by atoms with Crippen LogP contribution in [0, 0.1) is 23.7 Å². The molecule has 0 aliphatic heterocycles. The van der Waals surface area contributed by atoms with Crippen molar-refractivity contribution in [1.29, 1.82) is 0 Å². The first kappa shape index (κ1) is 14.4. The smallest absolute Gasteiger partial charge is 0.0386 e. The first-order valence-electron chi connectivity index (χ1n) is 8.83. The zero-order valence-electron chi connectivity index (χ0n) is 12.8. The summed E-state index contributed by atoms with van der Waals surface area (Å²) in [6, 6.07) is 0. The Morgan fingerprint density at radius 3 is 2.00 bits per heavy atom. The average molecular weight is 250 g/mol. The molecule has 2 fully saturated rings. The number of rotatable bonds is 5. The molecule has 2 aliphatic carbocycles. The minimum Gasteiger partial charge on any atom is -0.0651 e. The van der Waals surface area contributed by atoms with Gasteiger partial charge in [-0.25, -0.2) is 0 Å². The lowest BCUT2D eigenvalue weighted by molar-refractivity contribution is 0.154. The minimum atomic E-state index is 1.06. The molecule has 0 aromatic heterocycles. The van der Waals surface area contributed by atoms with Gasteiger partial charge in [0.1, 0.15) is 0 Å². The van der Waals surface area contributed by atoms with Crippen molar-refractivity contribution < 1.29 is 0 Å². The molecule has 0 aromatic carbocycles. The Kier molecular flexibility index (Phi) is 6.05. The van der Waals surface area contributed by atoms with Gasteiger partial charge in [-0.15, -0.1) is 0 Å². The highest BCUT2D eigenvalue weighted by Crippen LogP contribution is 2.40. The van der Waals surface area contributed by atoms with Crippen LogP contribution in [-0.2, 0) is 0 Å². The fraction of sp³-hybridized carbons (Fsp3) is 1.00. The van der Waals surface area contributed by atoms with Crippen molar-refractivity contribution >= 4 is 0 Å². The predicted octanol–water partition coefficient (Wildman–Crippen LogP) is 6.20. The van der Waals surface area contributed by atoms with Crippen molar-refractivity contribution in [1.82, 2.24) is 0 Å². The molecular weight excluding hydrogens is 216 g/mol. The molecule has 18 heavy (non-hydrogen) atoms. The monoisotopic (exact) mass is 250 g/mol. The van der Waals surface area contributed by atoms with Gasteiger partial charge in [0.2, 0.25) is 0 Å². The first-order valence-corrected chi connectivity index (χ1v) is 8.83. The molecule has 0 bridgehead atoms. The van der Waals surface area contributed by atoms with E-state index in [1.165, 1.54) is 38.5 Å². The van der Waals surface area contributed by atoms with Crippen LogP contribution in [0.2, 0.25) is 0 Å². The second kappa shape index (κ2) is 7.56. The molecule has 0 spiro atoms. The Morgan fingerprint density at radius 1 is 0.667 bits per heavy atom. The second-order valence-electron chi connectivity index (χ2n) is 7.10. The Morgan fingerprint density at radius 2 is 1.33 bits per heavy atom. The minimum absolute atomic E-state index is 1.06. The van der Waals surface area contributed by atoms with E-state index in [0.29, 0.717) is 0 Å². The highest BCUT2D eigenvalue weighted by Gasteiger charge is 2.28. The quantitative estimate of drug-likeness (QED) is 0.545. The van der Waals surface area contributed by atoms with E-state index in [-0.39, 0.29) is 0 Å². The molecule has 3 atom stereocenters. The standard InChI is InChI=1S/C18H34/c1-3-17-13-12-16(14-18(17)4-2)11-10-15-8-6-5-7-9-15/h15-18H,3-14H2,1-2H3. The van der Waals surface area contributed by atoms with Crippen LogP contribution in [0.5, 0.6) is 0 Å². The predicted molar refractivity (Wildman–Crippen MR) is 80.7 cm³/mol. The summed E-state index contributed by atoms with van der Waals surface area (Å²) in [6.07, 6.45) is 18.2. The van der Waals surface area contributed by atoms with Gasteiger partial charge in [0.25, 0.3) is 0 Å². The van der Waals surface area contributed by atoms with E-state index in [9.17, 15) is 0 Å². The zero-order chi connectivity index (χ0) is 12.8. The van der Waals surface area contributed by atoms with Crippen LogP contribution >= 0.6 is 0 Å². The van der Waals surface area contributed by atoms with E-state index in [0.717, 1.165) is 23.7 Å². The fourth-order valence-corrected chi connectivity index (χ4v) is 4.67. The molecule has 2 aliphatic rings. The maximum Gasteiger partial charge on any atom is -0.0386 e. The van der Waals surface area contributed by atoms with E-state index in [1.54, 1.807) is 38.5 Å². The summed E-state index contributed by atoms with van der Waals surface area (Å²) in [5, 5.41) is 0. The number of hydrogen-bond donors (Lipinski definition) is 0. The molecule has 0 N–H and O–H groups in total. The molecule has 0 nitrogen and oxygen atoms in total. The lowest BCUT2D eigenvalue weighted by Crippen LogP contribution is -2.24. The molecule has 0 radical (unpaired) electrons. The summed E-state index contributed by atoms with van der Waals surface area (Å²) in [5.74, 6) is 4.29. The summed E-state index contributed by atoms with van der Waals surface area (Å²) >= 11 is 0. The summed E-state index contributed by atoms with van der Waals surface area (Å²) in [5.41, 5.74) is 0. The first-order chi connectivity index (χ1) is 8.83. The highest BCUT2D eigenvalue weighted by atomic mass is 14.3. The SMILES string of the molecule is CCC1CCC(CCC2CCCCC2)CC1CC. The van der Waals surface area contributed by atoms with Crippen molar-refractivity contribution in [3.63, 3.8) is 0 Å². The molecular formula is C18H34. The molecule has 2 rings (SSSR count). The van der Waals surface area contributed by atoms with Crippen LogP contribution in [0.3, 0.4) is 0 Å². The van der Waals surface area contributed by atoms with E-state index >= 15 is 0 Å². The van der Waals surface area contributed by atoms with E-state index in [2.05, 4.69) is 13.8 Å². The van der Waals surface area contributed by atoms with Gasteiger partial charge in [0, 0.05) is 0 Å². The van der Waals surface area contributed by atoms with Gasteiger partial charge < -0.3 is 0 Å². The van der Waals surface area contributed by atoms with Gasteiger partial charge in [-0.05, 0) is 36.5 Å². The Hall–Kier alpha value is 0. The van der Waals surface area contributed by atoms with Gasteiger partial charge in [-0.1, -0.05) is 78.1 Å². The van der Waals surface area contributed by atoms with E-state index < -0.39 is 0 Å². The van der Waals surface area contributed by atoms with Gasteiger partial charge in [-0.3, -0.25) is 0 Å². The zero-order valence-corrected chi connectivity index (χ0v) is 12.8. The fourth-order valence-electron chi connectivity index (χ4n) is 4.67. The van der Waals surface area contributed by atoms with Crippen molar-refractivity contribution in [2.45, 2.75) is 90.9 Å². The van der Waals surface area contributed by atoms with Crippen LogP contribution in [0.25, 0.3) is 0 Å². The molecule has 2 saturated carbocycles. The summed E-state index contributed by atoms with van der Waals surface area (Å²) in [6.45, 7) is 4.81. The second-order valence-corrected chi connectivity index (χ2v) is 7.10. The molecule has 3 unspecified atom stereocenters. The highest BCUT2D eigenvalue weighted by molar-refractivity contribution is 4.79. The topological polar surface area (TPSA) is 0 Å². The largest absolute Gasteiger partial charge is 0.0651 e. The third kappa shape index (κ3) is 4.00. The molecule has 0 heteroatoms.